The summed E-state index contributed by atoms with van der Waals surface area (Å²) < 4.78 is 38.8. The van der Waals surface area contributed by atoms with Crippen molar-refractivity contribution in [2.24, 2.45) is 5.73 Å². The number of aromatic carboxylic acids is 1. The quantitative estimate of drug-likeness (QED) is 0.369. The number of nitrogens with one attached hydrogen (secondary N) is 1. The molecule has 1 heterocycles. The van der Waals surface area contributed by atoms with Crippen molar-refractivity contribution in [1.82, 2.24) is 14.7 Å². The smallest absolute Gasteiger partial charge is 0.338 e. The largest absolute Gasteiger partial charge is 0.478 e. The van der Waals surface area contributed by atoms with Crippen molar-refractivity contribution in [1.29, 1.82) is 0 Å². The van der Waals surface area contributed by atoms with Gasteiger partial charge in [0, 0.05) is 37.7 Å². The first-order chi connectivity index (χ1) is 15.3. The SMILES string of the molecule is NCc1cccc(S(=O)(=O)NCCCO)c1.O=C(O)c1cnc(-c2cccc(F)c2)nc1. The van der Waals surface area contributed by atoms with Gasteiger partial charge in [0.1, 0.15) is 5.82 Å². The Hall–Kier alpha value is -3.25. The molecule has 0 aliphatic heterocycles. The molecule has 0 saturated carbocycles. The summed E-state index contributed by atoms with van der Waals surface area (Å²) in [5, 5.41) is 17.2. The molecule has 0 radical (unpaired) electrons. The van der Waals surface area contributed by atoms with Gasteiger partial charge in [-0.05, 0) is 36.2 Å². The number of nitrogens with two attached hydrogens (primary N) is 1. The Morgan fingerprint density at radius 3 is 2.38 bits per heavy atom. The van der Waals surface area contributed by atoms with E-state index in [1.807, 2.05) is 0 Å². The summed E-state index contributed by atoms with van der Waals surface area (Å²) in [6.07, 6.45) is 2.78. The second kappa shape index (κ2) is 12.0. The molecule has 0 bridgehead atoms. The number of rotatable bonds is 8. The van der Waals surface area contributed by atoms with Crippen LogP contribution in [-0.4, -0.2) is 47.7 Å². The Bertz CT molecular complexity index is 1140. The Labute approximate surface area is 184 Å². The minimum absolute atomic E-state index is 0.000142. The van der Waals surface area contributed by atoms with Crippen LogP contribution in [0.25, 0.3) is 11.4 Å². The zero-order valence-electron chi connectivity index (χ0n) is 17.0. The van der Waals surface area contributed by atoms with Crippen molar-refractivity contribution in [2.45, 2.75) is 17.9 Å². The van der Waals surface area contributed by atoms with E-state index in [1.165, 1.54) is 30.6 Å². The fourth-order valence-corrected chi connectivity index (χ4v) is 3.57. The molecule has 0 amide bonds. The molecule has 0 atom stereocenters. The zero-order valence-corrected chi connectivity index (χ0v) is 17.8. The molecular formula is C21H23FN4O5S. The average molecular weight is 463 g/mol. The first-order valence-corrected chi connectivity index (χ1v) is 11.0. The zero-order chi connectivity index (χ0) is 23.6. The molecule has 0 fully saturated rings. The summed E-state index contributed by atoms with van der Waals surface area (Å²) in [5.41, 5.74) is 6.72. The van der Waals surface area contributed by atoms with Crippen molar-refractivity contribution in [3.63, 3.8) is 0 Å². The van der Waals surface area contributed by atoms with Gasteiger partial charge in [-0.15, -0.1) is 0 Å². The van der Waals surface area contributed by atoms with Crippen LogP contribution >= 0.6 is 0 Å². The molecule has 32 heavy (non-hydrogen) atoms. The van der Waals surface area contributed by atoms with Crippen molar-refractivity contribution in [3.8, 4) is 11.4 Å². The minimum atomic E-state index is -3.48. The molecule has 170 valence electrons. The van der Waals surface area contributed by atoms with Crippen LogP contribution < -0.4 is 10.5 Å². The minimum Gasteiger partial charge on any atom is -0.478 e. The van der Waals surface area contributed by atoms with Gasteiger partial charge in [-0.3, -0.25) is 0 Å². The number of aromatic nitrogens is 2. The van der Waals surface area contributed by atoms with Crippen molar-refractivity contribution in [3.05, 3.63) is 77.9 Å². The van der Waals surface area contributed by atoms with Crippen molar-refractivity contribution in [2.75, 3.05) is 13.2 Å². The number of carboxylic acids is 1. The summed E-state index contributed by atoms with van der Waals surface area (Å²) in [7, 11) is -3.48. The third-order valence-corrected chi connectivity index (χ3v) is 5.51. The van der Waals surface area contributed by atoms with Crippen LogP contribution in [0.5, 0.6) is 0 Å². The normalized spacial score (nSPS) is 10.8. The highest BCUT2D eigenvalue weighted by Crippen LogP contribution is 2.15. The Morgan fingerprint density at radius 1 is 1.09 bits per heavy atom. The maximum atomic E-state index is 12.9. The van der Waals surface area contributed by atoms with Gasteiger partial charge < -0.3 is 15.9 Å². The fraction of sp³-hybridized carbons (Fsp3) is 0.190. The molecule has 0 saturated heterocycles. The molecule has 11 heteroatoms. The van der Waals surface area contributed by atoms with Gasteiger partial charge in [-0.1, -0.05) is 24.3 Å². The average Bonchev–Trinajstić information content (AvgIpc) is 2.80. The second-order valence-electron chi connectivity index (χ2n) is 6.44. The monoisotopic (exact) mass is 462 g/mol. The molecule has 0 spiro atoms. The van der Waals surface area contributed by atoms with E-state index in [9.17, 15) is 17.6 Å². The number of carbonyl (C=O) groups is 1. The number of hydrogen-bond acceptors (Lipinski definition) is 7. The highest BCUT2D eigenvalue weighted by molar-refractivity contribution is 7.89. The van der Waals surface area contributed by atoms with Crippen LogP contribution in [0.15, 0.2) is 65.8 Å². The van der Waals surface area contributed by atoms with E-state index in [1.54, 1.807) is 30.3 Å². The highest BCUT2D eigenvalue weighted by Gasteiger charge is 2.13. The topological polar surface area (TPSA) is 156 Å². The third kappa shape index (κ3) is 7.46. The van der Waals surface area contributed by atoms with Crippen LogP contribution in [0.1, 0.15) is 22.3 Å². The Morgan fingerprint density at radius 2 is 1.78 bits per heavy atom. The maximum Gasteiger partial charge on any atom is 0.338 e. The highest BCUT2D eigenvalue weighted by atomic mass is 32.2. The van der Waals surface area contributed by atoms with E-state index in [0.717, 1.165) is 5.56 Å². The molecular weight excluding hydrogens is 439 g/mol. The van der Waals surface area contributed by atoms with E-state index < -0.39 is 16.0 Å². The van der Waals surface area contributed by atoms with Crippen LogP contribution in [-0.2, 0) is 16.6 Å². The number of halogens is 1. The molecule has 9 nitrogen and oxygen atoms in total. The molecule has 5 N–H and O–H groups in total. The van der Waals surface area contributed by atoms with Gasteiger partial charge in [0.2, 0.25) is 10.0 Å². The summed E-state index contributed by atoms with van der Waals surface area (Å²) >= 11 is 0. The molecule has 1 aromatic heterocycles. The first kappa shape index (κ1) is 25.0. The predicted molar refractivity (Wildman–Crippen MR) is 116 cm³/mol. The Kier molecular flexibility index (Phi) is 9.35. The summed E-state index contributed by atoms with van der Waals surface area (Å²) in [5.74, 6) is -1.18. The Balaban J connectivity index is 0.000000227. The number of aliphatic hydroxyl groups excluding tert-OH is 1. The van der Waals surface area contributed by atoms with Gasteiger partial charge >= 0.3 is 5.97 Å². The lowest BCUT2D eigenvalue weighted by Gasteiger charge is -2.06. The molecule has 0 unspecified atom stereocenters. The maximum absolute atomic E-state index is 12.9. The fourth-order valence-electron chi connectivity index (χ4n) is 2.42. The lowest BCUT2D eigenvalue weighted by Crippen LogP contribution is -2.25. The van der Waals surface area contributed by atoms with E-state index in [4.69, 9.17) is 15.9 Å². The molecule has 0 aliphatic rings. The standard InChI is InChI=1S/C11H7FN2O2.C10H16N2O3S/c12-9-3-1-2-7(4-9)10-13-5-8(6-14-10)11(15)16;11-8-9-3-1-4-10(7-9)16(14,15)12-5-2-6-13/h1-6H,(H,15,16);1,3-4,7,12-13H,2,5-6,8,11H2. The number of aliphatic hydroxyl groups is 1. The number of sulfonamides is 1. The predicted octanol–water partition coefficient (Wildman–Crippen LogP) is 1.79. The lowest BCUT2D eigenvalue weighted by atomic mass is 10.2. The summed E-state index contributed by atoms with van der Waals surface area (Å²) in [4.78, 5) is 18.5. The number of hydrogen-bond donors (Lipinski definition) is 4. The van der Waals surface area contributed by atoms with Crippen LogP contribution in [0, 0.1) is 5.82 Å². The number of carboxylic acid groups (broad SMARTS) is 1. The molecule has 3 rings (SSSR count). The lowest BCUT2D eigenvalue weighted by molar-refractivity contribution is 0.0696. The molecule has 2 aromatic carbocycles. The summed E-state index contributed by atoms with van der Waals surface area (Å²) in [6.45, 7) is 0.497. The first-order valence-electron chi connectivity index (χ1n) is 9.47. The van der Waals surface area contributed by atoms with Gasteiger partial charge in [0.15, 0.2) is 5.82 Å². The van der Waals surface area contributed by atoms with E-state index >= 15 is 0 Å². The van der Waals surface area contributed by atoms with E-state index in [0.29, 0.717) is 24.4 Å². The van der Waals surface area contributed by atoms with Crippen LogP contribution in [0.3, 0.4) is 0 Å². The van der Waals surface area contributed by atoms with Crippen LogP contribution in [0.2, 0.25) is 0 Å². The van der Waals surface area contributed by atoms with Gasteiger partial charge in [-0.25, -0.2) is 32.3 Å². The third-order valence-electron chi connectivity index (χ3n) is 4.05. The van der Waals surface area contributed by atoms with Crippen molar-refractivity contribution >= 4 is 16.0 Å². The van der Waals surface area contributed by atoms with Crippen molar-refractivity contribution < 1.29 is 27.8 Å². The van der Waals surface area contributed by atoms with Gasteiger partial charge in [-0.2, -0.15) is 0 Å². The summed E-state index contributed by atoms with van der Waals surface area (Å²) in [6, 6.07) is 12.3. The second-order valence-corrected chi connectivity index (χ2v) is 8.20. The van der Waals surface area contributed by atoms with E-state index in [2.05, 4.69) is 14.7 Å². The molecule has 0 aliphatic carbocycles. The van der Waals surface area contributed by atoms with Gasteiger partial charge in [0.25, 0.3) is 0 Å². The molecule has 3 aromatic rings. The number of nitrogens with zero attached hydrogens (tertiary/aromatic N) is 2. The van der Waals surface area contributed by atoms with Crippen LogP contribution in [0.4, 0.5) is 4.39 Å². The van der Waals surface area contributed by atoms with E-state index in [-0.39, 0.29) is 29.4 Å². The van der Waals surface area contributed by atoms with Gasteiger partial charge in [0.05, 0.1) is 10.5 Å². The number of benzene rings is 2.